The normalized spacial score (nSPS) is 10.8. The highest BCUT2D eigenvalue weighted by atomic mass is 16.5. The number of hydrogen-bond donors (Lipinski definition) is 0. The molecule has 0 bridgehead atoms. The molecular formula is C25H22N2O3. The molecule has 0 aliphatic rings. The van der Waals surface area contributed by atoms with Gasteiger partial charge in [0.05, 0.1) is 17.3 Å². The predicted molar refractivity (Wildman–Crippen MR) is 117 cm³/mol. The number of benzene rings is 3. The minimum atomic E-state index is -0.315. The Morgan fingerprint density at radius 2 is 1.57 bits per heavy atom. The molecule has 3 aromatic carbocycles. The zero-order chi connectivity index (χ0) is 20.9. The van der Waals surface area contributed by atoms with Crippen LogP contribution in [0.15, 0.2) is 83.7 Å². The van der Waals surface area contributed by atoms with E-state index in [1.807, 2.05) is 54.6 Å². The highest BCUT2D eigenvalue weighted by Crippen LogP contribution is 2.19. The van der Waals surface area contributed by atoms with Crippen molar-refractivity contribution in [3.8, 4) is 11.1 Å². The van der Waals surface area contributed by atoms with Gasteiger partial charge in [-0.3, -0.25) is 14.2 Å². The number of aryl methyl sites for hydroxylation is 1. The van der Waals surface area contributed by atoms with Gasteiger partial charge in [0.25, 0.3) is 5.56 Å². The van der Waals surface area contributed by atoms with Gasteiger partial charge in [-0.1, -0.05) is 66.7 Å². The van der Waals surface area contributed by atoms with Gasteiger partial charge in [0, 0.05) is 13.5 Å². The van der Waals surface area contributed by atoms with E-state index in [0.29, 0.717) is 23.1 Å². The van der Waals surface area contributed by atoms with Crippen LogP contribution in [0.1, 0.15) is 17.8 Å². The Kier molecular flexibility index (Phi) is 5.70. The molecule has 0 atom stereocenters. The zero-order valence-corrected chi connectivity index (χ0v) is 16.7. The Hall–Kier alpha value is -3.73. The van der Waals surface area contributed by atoms with Gasteiger partial charge in [-0.15, -0.1) is 0 Å². The molecule has 0 aliphatic carbocycles. The van der Waals surface area contributed by atoms with Crippen molar-refractivity contribution >= 4 is 16.9 Å². The number of hydrogen-bond acceptors (Lipinski definition) is 4. The van der Waals surface area contributed by atoms with E-state index in [4.69, 9.17) is 4.74 Å². The van der Waals surface area contributed by atoms with Gasteiger partial charge in [-0.05, 0) is 28.8 Å². The molecule has 0 amide bonds. The molecule has 0 spiro atoms. The van der Waals surface area contributed by atoms with Crippen LogP contribution in [0.3, 0.4) is 0 Å². The molecular weight excluding hydrogens is 376 g/mol. The Morgan fingerprint density at radius 3 is 2.33 bits per heavy atom. The monoisotopic (exact) mass is 398 g/mol. The van der Waals surface area contributed by atoms with Crippen molar-refractivity contribution in [1.29, 1.82) is 0 Å². The number of rotatable bonds is 6. The standard InChI is InChI=1S/C25H22N2O3/c1-27-23(26-22-10-6-5-9-21(22)25(27)29)15-16-24(28)30-17-18-11-13-20(14-12-18)19-7-3-2-4-8-19/h2-14H,15-17H2,1H3. The van der Waals surface area contributed by atoms with Gasteiger partial charge >= 0.3 is 5.97 Å². The summed E-state index contributed by atoms with van der Waals surface area (Å²) in [4.78, 5) is 29.2. The lowest BCUT2D eigenvalue weighted by Crippen LogP contribution is -2.23. The van der Waals surface area contributed by atoms with Crippen LogP contribution in [0, 0.1) is 0 Å². The van der Waals surface area contributed by atoms with Crippen molar-refractivity contribution in [2.45, 2.75) is 19.4 Å². The highest BCUT2D eigenvalue weighted by Gasteiger charge is 2.11. The minimum absolute atomic E-state index is 0.109. The van der Waals surface area contributed by atoms with Crippen molar-refractivity contribution in [1.82, 2.24) is 9.55 Å². The molecule has 0 N–H and O–H groups in total. The second-order valence-corrected chi connectivity index (χ2v) is 7.13. The number of nitrogens with zero attached hydrogens (tertiary/aromatic N) is 2. The van der Waals surface area contributed by atoms with Crippen LogP contribution < -0.4 is 5.56 Å². The zero-order valence-electron chi connectivity index (χ0n) is 16.7. The Labute approximate surface area is 174 Å². The number of carbonyl (C=O) groups is 1. The summed E-state index contributed by atoms with van der Waals surface area (Å²) in [6, 6.07) is 25.3. The molecule has 0 fully saturated rings. The highest BCUT2D eigenvalue weighted by molar-refractivity contribution is 5.77. The first-order chi connectivity index (χ1) is 14.6. The number of ether oxygens (including phenoxy) is 1. The summed E-state index contributed by atoms with van der Waals surface area (Å²) in [5.41, 5.74) is 3.73. The maximum absolute atomic E-state index is 12.4. The first-order valence-corrected chi connectivity index (χ1v) is 9.86. The largest absolute Gasteiger partial charge is 0.461 e. The fourth-order valence-electron chi connectivity index (χ4n) is 3.36. The van der Waals surface area contributed by atoms with E-state index in [1.165, 1.54) is 4.57 Å². The lowest BCUT2D eigenvalue weighted by atomic mass is 10.0. The van der Waals surface area contributed by atoms with Crippen molar-refractivity contribution in [2.75, 3.05) is 0 Å². The van der Waals surface area contributed by atoms with Crippen molar-refractivity contribution in [3.05, 3.63) is 101 Å². The Morgan fingerprint density at radius 1 is 0.900 bits per heavy atom. The van der Waals surface area contributed by atoms with Crippen LogP contribution in [0.2, 0.25) is 0 Å². The summed E-state index contributed by atoms with van der Waals surface area (Å²) >= 11 is 0. The number of esters is 1. The molecule has 150 valence electrons. The maximum atomic E-state index is 12.4. The molecule has 4 rings (SSSR count). The summed E-state index contributed by atoms with van der Waals surface area (Å²) in [5.74, 6) is 0.257. The molecule has 1 aromatic heterocycles. The molecule has 0 radical (unpaired) electrons. The van der Waals surface area contributed by atoms with Crippen LogP contribution in [0.4, 0.5) is 0 Å². The van der Waals surface area contributed by atoms with Gasteiger partial charge in [0.1, 0.15) is 12.4 Å². The quantitative estimate of drug-likeness (QED) is 0.455. The van der Waals surface area contributed by atoms with Gasteiger partial charge < -0.3 is 4.74 Å². The Balaban J connectivity index is 1.35. The van der Waals surface area contributed by atoms with Crippen molar-refractivity contribution < 1.29 is 9.53 Å². The lowest BCUT2D eigenvalue weighted by Gasteiger charge is -2.09. The molecule has 4 aromatic rings. The fraction of sp³-hybridized carbons (Fsp3) is 0.160. The number of fused-ring (bicyclic) bond motifs is 1. The molecule has 1 heterocycles. The summed E-state index contributed by atoms with van der Waals surface area (Å²) in [5, 5.41) is 0.574. The molecule has 0 aliphatic heterocycles. The molecule has 30 heavy (non-hydrogen) atoms. The van der Waals surface area contributed by atoms with Gasteiger partial charge in [0.2, 0.25) is 0 Å². The summed E-state index contributed by atoms with van der Waals surface area (Å²) in [7, 11) is 1.68. The first kappa shape index (κ1) is 19.6. The van der Waals surface area contributed by atoms with Gasteiger partial charge in [0.15, 0.2) is 0 Å². The van der Waals surface area contributed by atoms with Gasteiger partial charge in [-0.2, -0.15) is 0 Å². The topological polar surface area (TPSA) is 61.2 Å². The predicted octanol–water partition coefficient (Wildman–Crippen LogP) is 4.28. The van der Waals surface area contributed by atoms with Crippen LogP contribution in [0.5, 0.6) is 0 Å². The van der Waals surface area contributed by atoms with E-state index >= 15 is 0 Å². The third-order valence-electron chi connectivity index (χ3n) is 5.09. The van der Waals surface area contributed by atoms with Crippen molar-refractivity contribution in [2.24, 2.45) is 7.05 Å². The van der Waals surface area contributed by atoms with E-state index in [0.717, 1.165) is 16.7 Å². The van der Waals surface area contributed by atoms with Crippen LogP contribution in [-0.2, 0) is 29.6 Å². The van der Waals surface area contributed by atoms with Crippen molar-refractivity contribution in [3.63, 3.8) is 0 Å². The molecule has 0 unspecified atom stereocenters. The molecule has 0 saturated heterocycles. The third kappa shape index (κ3) is 4.30. The SMILES string of the molecule is Cn1c(CCC(=O)OCc2ccc(-c3ccccc3)cc2)nc2ccccc2c1=O. The van der Waals surface area contributed by atoms with E-state index in [9.17, 15) is 9.59 Å². The Bertz CT molecular complexity index is 1230. The van der Waals surface area contributed by atoms with Crippen LogP contribution >= 0.6 is 0 Å². The van der Waals surface area contributed by atoms with Gasteiger partial charge in [-0.25, -0.2) is 4.98 Å². The number of para-hydroxylation sites is 1. The first-order valence-electron chi connectivity index (χ1n) is 9.86. The number of aromatic nitrogens is 2. The smallest absolute Gasteiger partial charge is 0.306 e. The average Bonchev–Trinajstić information content (AvgIpc) is 2.80. The summed E-state index contributed by atoms with van der Waals surface area (Å²) in [6.07, 6.45) is 0.517. The lowest BCUT2D eigenvalue weighted by molar-refractivity contribution is -0.144. The summed E-state index contributed by atoms with van der Waals surface area (Å²) < 4.78 is 6.90. The summed E-state index contributed by atoms with van der Waals surface area (Å²) in [6.45, 7) is 0.220. The van der Waals surface area contributed by atoms with E-state index in [2.05, 4.69) is 17.1 Å². The average molecular weight is 398 g/mol. The third-order valence-corrected chi connectivity index (χ3v) is 5.09. The molecule has 0 saturated carbocycles. The van der Waals surface area contributed by atoms with E-state index in [-0.39, 0.29) is 24.6 Å². The second kappa shape index (κ2) is 8.74. The minimum Gasteiger partial charge on any atom is -0.461 e. The van der Waals surface area contributed by atoms with Crippen LogP contribution in [0.25, 0.3) is 22.0 Å². The molecule has 5 heteroatoms. The van der Waals surface area contributed by atoms with Crippen LogP contribution in [-0.4, -0.2) is 15.5 Å². The van der Waals surface area contributed by atoms with E-state index < -0.39 is 0 Å². The van der Waals surface area contributed by atoms with E-state index in [1.54, 1.807) is 19.2 Å². The second-order valence-electron chi connectivity index (χ2n) is 7.13. The molecule has 5 nitrogen and oxygen atoms in total. The maximum Gasteiger partial charge on any atom is 0.306 e. The fourth-order valence-corrected chi connectivity index (χ4v) is 3.36. The number of carbonyl (C=O) groups excluding carboxylic acids is 1.